The van der Waals surface area contributed by atoms with E-state index in [2.05, 4.69) is 10.6 Å². The van der Waals surface area contributed by atoms with Crippen molar-refractivity contribution in [2.24, 2.45) is 11.7 Å². The first-order valence-electron chi connectivity index (χ1n) is 5.53. The zero-order chi connectivity index (χ0) is 13.7. The van der Waals surface area contributed by atoms with Gasteiger partial charge < -0.3 is 16.4 Å². The molecule has 6 heteroatoms. The van der Waals surface area contributed by atoms with E-state index >= 15 is 0 Å². The third-order valence-corrected chi connectivity index (χ3v) is 2.64. The first kappa shape index (κ1) is 14.4. The molecule has 2 amide bonds. The highest BCUT2D eigenvalue weighted by molar-refractivity contribution is 7.80. The number of hydrogen-bond donors (Lipinski definition) is 3. The molecule has 0 aliphatic rings. The zero-order valence-corrected chi connectivity index (χ0v) is 11.1. The molecule has 1 aromatic rings. The van der Waals surface area contributed by atoms with Crippen LogP contribution in [0.4, 0.5) is 14.9 Å². The van der Waals surface area contributed by atoms with Gasteiger partial charge in [0.25, 0.3) is 0 Å². The largest absolute Gasteiger partial charge is 0.392 e. The normalized spacial score (nSPS) is 12.0. The monoisotopic (exact) mass is 269 g/mol. The van der Waals surface area contributed by atoms with Crippen LogP contribution in [-0.4, -0.2) is 17.1 Å². The molecular weight excluding hydrogens is 253 g/mol. The summed E-state index contributed by atoms with van der Waals surface area (Å²) in [5, 5.41) is 5.02. The van der Waals surface area contributed by atoms with E-state index in [-0.39, 0.29) is 16.6 Å². The van der Waals surface area contributed by atoms with Gasteiger partial charge in [0.05, 0.1) is 16.7 Å². The van der Waals surface area contributed by atoms with Crippen molar-refractivity contribution in [3.8, 4) is 0 Å². The minimum absolute atomic E-state index is 0.0638. The Hall–Kier alpha value is -1.69. The van der Waals surface area contributed by atoms with Crippen LogP contribution < -0.4 is 16.4 Å². The summed E-state index contributed by atoms with van der Waals surface area (Å²) < 4.78 is 13.3. The smallest absolute Gasteiger partial charge is 0.319 e. The van der Waals surface area contributed by atoms with E-state index in [1.165, 1.54) is 12.1 Å². The van der Waals surface area contributed by atoms with Gasteiger partial charge >= 0.3 is 6.03 Å². The lowest BCUT2D eigenvalue weighted by molar-refractivity contribution is 0.248. The molecule has 0 spiro atoms. The third kappa shape index (κ3) is 3.96. The Morgan fingerprint density at radius 3 is 2.50 bits per heavy atom. The molecule has 0 aromatic heterocycles. The van der Waals surface area contributed by atoms with Crippen LogP contribution >= 0.6 is 12.2 Å². The van der Waals surface area contributed by atoms with Gasteiger partial charge in [-0.1, -0.05) is 38.2 Å². The van der Waals surface area contributed by atoms with Crippen LogP contribution in [-0.2, 0) is 0 Å². The quantitative estimate of drug-likeness (QED) is 0.734. The van der Waals surface area contributed by atoms with Crippen molar-refractivity contribution in [3.05, 3.63) is 30.1 Å². The number of urea groups is 1. The maximum atomic E-state index is 13.3. The first-order valence-corrected chi connectivity index (χ1v) is 5.94. The van der Waals surface area contributed by atoms with Crippen LogP contribution in [0.1, 0.15) is 13.8 Å². The number of thiocarbonyl (C=S) groups is 1. The van der Waals surface area contributed by atoms with Crippen LogP contribution in [0.5, 0.6) is 0 Å². The minimum atomic E-state index is -0.536. The van der Waals surface area contributed by atoms with E-state index < -0.39 is 17.9 Å². The summed E-state index contributed by atoms with van der Waals surface area (Å²) in [4.78, 5) is 11.9. The summed E-state index contributed by atoms with van der Waals surface area (Å²) in [6, 6.07) is 4.96. The molecule has 1 aromatic carbocycles. The van der Waals surface area contributed by atoms with Crippen molar-refractivity contribution in [2.45, 2.75) is 19.9 Å². The fraction of sp³-hybridized carbons (Fsp3) is 0.333. The van der Waals surface area contributed by atoms with Gasteiger partial charge in [0.15, 0.2) is 0 Å². The number of amides is 2. The second-order valence-electron chi connectivity index (χ2n) is 4.20. The predicted molar refractivity (Wildman–Crippen MR) is 74.0 cm³/mol. The first-order chi connectivity index (χ1) is 8.41. The molecule has 98 valence electrons. The van der Waals surface area contributed by atoms with Crippen LogP contribution in [0.25, 0.3) is 0 Å². The molecule has 18 heavy (non-hydrogen) atoms. The van der Waals surface area contributed by atoms with Gasteiger partial charge in [0.1, 0.15) is 5.82 Å². The van der Waals surface area contributed by atoms with Crippen LogP contribution in [0.3, 0.4) is 0 Å². The summed E-state index contributed by atoms with van der Waals surface area (Å²) in [5.41, 5.74) is 5.64. The number of hydrogen-bond acceptors (Lipinski definition) is 2. The highest BCUT2D eigenvalue weighted by Crippen LogP contribution is 2.12. The Kier molecular flexibility index (Phi) is 5.03. The molecule has 0 bridgehead atoms. The van der Waals surface area contributed by atoms with Gasteiger partial charge in [-0.25, -0.2) is 9.18 Å². The Labute approximate surface area is 111 Å². The lowest BCUT2D eigenvalue weighted by Crippen LogP contribution is -2.48. The van der Waals surface area contributed by atoms with Gasteiger partial charge in [-0.05, 0) is 18.1 Å². The molecule has 0 heterocycles. The summed E-state index contributed by atoms with van der Waals surface area (Å²) in [5.74, 6) is -0.432. The zero-order valence-electron chi connectivity index (χ0n) is 10.2. The van der Waals surface area contributed by atoms with Crippen molar-refractivity contribution >= 4 is 28.9 Å². The number of nitrogens with one attached hydrogen (secondary N) is 2. The highest BCUT2D eigenvalue weighted by atomic mass is 32.1. The van der Waals surface area contributed by atoms with E-state index in [4.69, 9.17) is 18.0 Å². The summed E-state index contributed by atoms with van der Waals surface area (Å²) >= 11 is 4.86. The molecule has 4 N–H and O–H groups in total. The second-order valence-corrected chi connectivity index (χ2v) is 4.67. The van der Waals surface area contributed by atoms with Crippen LogP contribution in [0.15, 0.2) is 24.3 Å². The Morgan fingerprint density at radius 1 is 1.39 bits per heavy atom. The molecule has 0 saturated heterocycles. The fourth-order valence-electron chi connectivity index (χ4n) is 1.43. The SMILES string of the molecule is CC(C)C(NC(=O)Nc1ccccc1F)C(N)=S. The van der Waals surface area contributed by atoms with Crippen LogP contribution in [0, 0.1) is 11.7 Å². The van der Waals surface area contributed by atoms with Crippen molar-refractivity contribution in [1.29, 1.82) is 0 Å². The maximum absolute atomic E-state index is 13.3. The maximum Gasteiger partial charge on any atom is 0.319 e. The van der Waals surface area contributed by atoms with Gasteiger partial charge in [0.2, 0.25) is 0 Å². The lowest BCUT2D eigenvalue weighted by Gasteiger charge is -2.21. The minimum Gasteiger partial charge on any atom is -0.392 e. The average molecular weight is 269 g/mol. The van der Waals surface area contributed by atoms with Gasteiger partial charge in [0, 0.05) is 0 Å². The molecule has 1 atom stereocenters. The number of benzene rings is 1. The Morgan fingerprint density at radius 2 is 2.00 bits per heavy atom. The number of carbonyl (C=O) groups excluding carboxylic acids is 1. The number of nitrogens with two attached hydrogens (primary N) is 1. The van der Waals surface area contributed by atoms with E-state index in [0.29, 0.717) is 0 Å². The molecule has 0 radical (unpaired) electrons. The predicted octanol–water partition coefficient (Wildman–Crippen LogP) is 2.26. The molecule has 0 aliphatic carbocycles. The average Bonchev–Trinajstić information content (AvgIpc) is 2.28. The lowest BCUT2D eigenvalue weighted by atomic mass is 10.1. The Bertz CT molecular complexity index is 451. The topological polar surface area (TPSA) is 67.2 Å². The number of rotatable bonds is 4. The second kappa shape index (κ2) is 6.30. The molecule has 4 nitrogen and oxygen atoms in total. The van der Waals surface area contributed by atoms with Crippen molar-refractivity contribution in [2.75, 3.05) is 5.32 Å². The van der Waals surface area contributed by atoms with Crippen molar-refractivity contribution in [3.63, 3.8) is 0 Å². The fourth-order valence-corrected chi connectivity index (χ4v) is 1.76. The molecule has 0 saturated carbocycles. The molecule has 0 aliphatic heterocycles. The third-order valence-electron chi connectivity index (χ3n) is 2.38. The summed E-state index contributed by atoms with van der Waals surface area (Å²) in [6.45, 7) is 3.76. The van der Waals surface area contributed by atoms with E-state index in [1.54, 1.807) is 12.1 Å². The molecular formula is C12H16FN3OS. The van der Waals surface area contributed by atoms with E-state index in [0.717, 1.165) is 0 Å². The highest BCUT2D eigenvalue weighted by Gasteiger charge is 2.19. The van der Waals surface area contributed by atoms with Gasteiger partial charge in [-0.15, -0.1) is 0 Å². The molecule has 1 rings (SSSR count). The van der Waals surface area contributed by atoms with Gasteiger partial charge in [-0.2, -0.15) is 0 Å². The summed E-state index contributed by atoms with van der Waals surface area (Å²) in [7, 11) is 0. The van der Waals surface area contributed by atoms with Crippen molar-refractivity contribution in [1.82, 2.24) is 5.32 Å². The van der Waals surface area contributed by atoms with Gasteiger partial charge in [-0.3, -0.25) is 0 Å². The Balaban J connectivity index is 2.67. The number of carbonyl (C=O) groups is 1. The molecule has 0 fully saturated rings. The molecule has 1 unspecified atom stereocenters. The standard InChI is InChI=1S/C12H16FN3OS/c1-7(2)10(11(14)18)16-12(17)15-9-6-4-3-5-8(9)13/h3-7,10H,1-2H3,(H2,14,18)(H2,15,16,17). The summed E-state index contributed by atoms with van der Waals surface area (Å²) in [6.07, 6.45) is 0. The van der Waals surface area contributed by atoms with Crippen molar-refractivity contribution < 1.29 is 9.18 Å². The number of halogens is 1. The number of para-hydroxylation sites is 1. The van der Waals surface area contributed by atoms with E-state index in [1.807, 2.05) is 13.8 Å². The van der Waals surface area contributed by atoms with E-state index in [9.17, 15) is 9.18 Å². The van der Waals surface area contributed by atoms with Crippen LogP contribution in [0.2, 0.25) is 0 Å². The number of anilines is 1.